The van der Waals surface area contributed by atoms with E-state index in [0.717, 1.165) is 44.2 Å². The van der Waals surface area contributed by atoms with Crippen molar-refractivity contribution in [3.8, 4) is 0 Å². The van der Waals surface area contributed by atoms with Gasteiger partial charge in [-0.25, -0.2) is 0 Å². The Balaban J connectivity index is 1.46. The molecule has 12 atom stereocenters. The fourth-order valence-corrected chi connectivity index (χ4v) is 11.6. The number of hydrogen-bond acceptors (Lipinski definition) is 5. The van der Waals surface area contributed by atoms with Crippen LogP contribution in [0.2, 0.25) is 0 Å². The molecule has 42 heavy (non-hydrogen) atoms. The van der Waals surface area contributed by atoms with Gasteiger partial charge in [0.05, 0.1) is 24.2 Å². The molecular formula is C36H51NO5. The second-order valence-corrected chi connectivity index (χ2v) is 16.0. The number of ketones is 1. The van der Waals surface area contributed by atoms with Crippen molar-refractivity contribution in [3.63, 3.8) is 0 Å². The number of aliphatic hydroxyl groups is 3. The Morgan fingerprint density at radius 2 is 1.67 bits per heavy atom. The summed E-state index contributed by atoms with van der Waals surface area (Å²) in [6, 6.07) is 9.71. The lowest BCUT2D eigenvalue weighted by atomic mass is 9.33. The van der Waals surface area contributed by atoms with Crippen LogP contribution in [0.15, 0.2) is 42.0 Å². The number of para-hydroxylation sites is 1. The van der Waals surface area contributed by atoms with E-state index < -0.39 is 28.5 Å². The largest absolute Gasteiger partial charge is 0.396 e. The molecule has 1 amide bonds. The molecule has 0 unspecified atom stereocenters. The van der Waals surface area contributed by atoms with Crippen molar-refractivity contribution in [2.45, 2.75) is 98.7 Å². The lowest BCUT2D eigenvalue weighted by molar-refractivity contribution is -0.238. The monoisotopic (exact) mass is 577 g/mol. The van der Waals surface area contributed by atoms with E-state index in [2.05, 4.69) is 39.9 Å². The maximum Gasteiger partial charge on any atom is 0.231 e. The van der Waals surface area contributed by atoms with Gasteiger partial charge in [0.25, 0.3) is 0 Å². The number of anilines is 1. The van der Waals surface area contributed by atoms with Crippen LogP contribution in [-0.2, 0) is 9.59 Å². The first kappa shape index (κ1) is 30.0. The molecule has 6 nitrogen and oxygen atoms in total. The van der Waals surface area contributed by atoms with Crippen LogP contribution in [0.4, 0.5) is 5.69 Å². The predicted molar refractivity (Wildman–Crippen MR) is 163 cm³/mol. The van der Waals surface area contributed by atoms with Crippen LogP contribution >= 0.6 is 0 Å². The smallest absolute Gasteiger partial charge is 0.231 e. The minimum absolute atomic E-state index is 0.0163. The van der Waals surface area contributed by atoms with Gasteiger partial charge in [0.2, 0.25) is 5.91 Å². The van der Waals surface area contributed by atoms with Crippen LogP contribution in [0.5, 0.6) is 0 Å². The third kappa shape index (κ3) is 3.73. The lowest BCUT2D eigenvalue weighted by Crippen LogP contribution is -2.70. The van der Waals surface area contributed by atoms with E-state index >= 15 is 0 Å². The van der Waals surface area contributed by atoms with Crippen LogP contribution in [0.3, 0.4) is 0 Å². The molecule has 0 aromatic heterocycles. The van der Waals surface area contributed by atoms with Crippen molar-refractivity contribution in [2.75, 3.05) is 11.9 Å². The molecule has 0 saturated heterocycles. The summed E-state index contributed by atoms with van der Waals surface area (Å²) in [7, 11) is 0. The number of nitrogens with one attached hydrogen (secondary N) is 1. The van der Waals surface area contributed by atoms with Crippen LogP contribution in [-0.4, -0.2) is 45.8 Å². The number of fused-ring (bicyclic) bond motifs is 7. The molecular weight excluding hydrogens is 526 g/mol. The van der Waals surface area contributed by atoms with Crippen LogP contribution in [0.25, 0.3) is 0 Å². The average Bonchev–Trinajstić information content (AvgIpc) is 2.95. The Morgan fingerprint density at radius 3 is 2.33 bits per heavy atom. The summed E-state index contributed by atoms with van der Waals surface area (Å²) < 4.78 is 0. The first-order valence-electron chi connectivity index (χ1n) is 16.3. The molecule has 0 heterocycles. The van der Waals surface area contributed by atoms with E-state index in [4.69, 9.17) is 0 Å². The molecule has 1 aromatic rings. The highest BCUT2D eigenvalue weighted by atomic mass is 16.3. The summed E-state index contributed by atoms with van der Waals surface area (Å²) in [5.41, 5.74) is -0.643. The van der Waals surface area contributed by atoms with Crippen molar-refractivity contribution in [1.82, 2.24) is 0 Å². The summed E-state index contributed by atoms with van der Waals surface area (Å²) >= 11 is 0. The highest BCUT2D eigenvalue weighted by molar-refractivity contribution is 5.98. The molecule has 1 aromatic carbocycles. The summed E-state index contributed by atoms with van der Waals surface area (Å²) in [5.74, 6) is 0.469. The molecule has 4 N–H and O–H groups in total. The molecule has 0 aliphatic heterocycles. The normalized spacial score (nSPS) is 50.0. The molecule has 230 valence electrons. The van der Waals surface area contributed by atoms with Crippen molar-refractivity contribution in [1.29, 1.82) is 0 Å². The number of allylic oxidation sites excluding steroid dienone is 2. The van der Waals surface area contributed by atoms with Gasteiger partial charge in [-0.15, -0.1) is 0 Å². The van der Waals surface area contributed by atoms with Crippen molar-refractivity contribution >= 4 is 17.4 Å². The van der Waals surface area contributed by atoms with Gasteiger partial charge in [-0.2, -0.15) is 0 Å². The third-order valence-electron chi connectivity index (χ3n) is 14.3. The van der Waals surface area contributed by atoms with Crippen LogP contribution in [0.1, 0.15) is 86.5 Å². The second kappa shape index (κ2) is 9.74. The standard InChI is InChI=1S/C36H51NO5/c1-21-12-15-36(31(42)37-23-10-8-7-9-11-23)17-16-34(5)24(28(36)22(21)2)18-25(39)29-32(3)19-26(40)30(41)33(4,20-38)27(32)13-14-35(29,34)6/h7-11,18,21-22,26-30,38,40-41H,12-17,19-20H2,1-6H3,(H,37,42)/t21-,22+,26-,27-,28+,29-,30+,32+,33+,34-,35-,36+/m1/s1. The minimum atomic E-state index is -1.02. The first-order chi connectivity index (χ1) is 19.7. The molecule has 0 spiro atoms. The van der Waals surface area contributed by atoms with E-state index in [1.165, 1.54) is 5.57 Å². The SMILES string of the molecule is C[C@H]1[C@H](C)CC[C@]2(C(=O)Nc3ccccc3)CC[C@]3(C)C(=CC(=O)[C@@H]4[C@@]5(C)C[C@@H](O)[C@H](O)[C@@](C)(CO)[C@@H]5CC[C@]43C)[C@H]12. The topological polar surface area (TPSA) is 107 Å². The Morgan fingerprint density at radius 1 is 0.976 bits per heavy atom. The number of carbonyl (C=O) groups excluding carboxylic acids is 2. The number of amides is 1. The van der Waals surface area contributed by atoms with Gasteiger partial charge in [0.1, 0.15) is 0 Å². The molecule has 6 heteroatoms. The zero-order valence-corrected chi connectivity index (χ0v) is 26.3. The van der Waals surface area contributed by atoms with Gasteiger partial charge in [-0.3, -0.25) is 9.59 Å². The van der Waals surface area contributed by atoms with Gasteiger partial charge in [-0.05, 0) is 103 Å². The van der Waals surface area contributed by atoms with Gasteiger partial charge in [0, 0.05) is 17.0 Å². The lowest BCUT2D eigenvalue weighted by Gasteiger charge is -2.71. The molecule has 5 aliphatic carbocycles. The zero-order valence-electron chi connectivity index (χ0n) is 26.3. The van der Waals surface area contributed by atoms with E-state index in [9.17, 15) is 24.9 Å². The van der Waals surface area contributed by atoms with Crippen LogP contribution in [0, 0.1) is 56.7 Å². The quantitative estimate of drug-likeness (QED) is 0.365. The van der Waals surface area contributed by atoms with Gasteiger partial charge in [0.15, 0.2) is 5.78 Å². The first-order valence-corrected chi connectivity index (χ1v) is 16.3. The van der Waals surface area contributed by atoms with Gasteiger partial charge < -0.3 is 20.6 Å². The molecule has 6 rings (SSSR count). The fourth-order valence-electron chi connectivity index (χ4n) is 11.6. The Hall–Kier alpha value is -2.02. The molecule has 4 saturated carbocycles. The third-order valence-corrected chi connectivity index (χ3v) is 14.3. The van der Waals surface area contributed by atoms with E-state index in [-0.39, 0.29) is 52.8 Å². The summed E-state index contributed by atoms with van der Waals surface area (Å²) in [6.07, 6.45) is 5.32. The second-order valence-electron chi connectivity index (χ2n) is 16.0. The molecule has 5 aliphatic rings. The van der Waals surface area contributed by atoms with Crippen molar-refractivity contribution in [3.05, 3.63) is 42.0 Å². The Labute approximate surface area is 251 Å². The minimum Gasteiger partial charge on any atom is -0.396 e. The van der Waals surface area contributed by atoms with E-state index in [1.54, 1.807) is 0 Å². The maximum atomic E-state index is 14.6. The highest BCUT2D eigenvalue weighted by Gasteiger charge is 2.72. The Kier molecular flexibility index (Phi) is 6.96. The number of aliphatic hydroxyl groups excluding tert-OH is 3. The molecule has 0 bridgehead atoms. The zero-order chi connectivity index (χ0) is 30.5. The summed E-state index contributed by atoms with van der Waals surface area (Å²) in [6.45, 7) is 13.0. The highest BCUT2D eigenvalue weighted by Crippen LogP contribution is 2.75. The fraction of sp³-hybridized carbons (Fsp3) is 0.722. The number of benzene rings is 1. The average molecular weight is 578 g/mol. The van der Waals surface area contributed by atoms with Gasteiger partial charge >= 0.3 is 0 Å². The van der Waals surface area contributed by atoms with Gasteiger partial charge in [-0.1, -0.05) is 65.3 Å². The summed E-state index contributed by atoms with van der Waals surface area (Å²) in [5, 5.41) is 35.9. The van der Waals surface area contributed by atoms with E-state index in [1.807, 2.05) is 43.3 Å². The number of carbonyl (C=O) groups is 2. The molecule has 0 radical (unpaired) electrons. The van der Waals surface area contributed by atoms with Crippen molar-refractivity contribution < 1.29 is 24.9 Å². The number of hydrogen-bond donors (Lipinski definition) is 4. The predicted octanol–water partition coefficient (Wildman–Crippen LogP) is 5.77. The number of rotatable bonds is 3. The maximum absolute atomic E-state index is 14.6. The summed E-state index contributed by atoms with van der Waals surface area (Å²) in [4.78, 5) is 28.9. The van der Waals surface area contributed by atoms with Crippen LogP contribution < -0.4 is 5.32 Å². The Bertz CT molecular complexity index is 1290. The molecule has 4 fully saturated rings. The van der Waals surface area contributed by atoms with Crippen molar-refractivity contribution in [2.24, 2.45) is 56.7 Å². The van der Waals surface area contributed by atoms with E-state index in [0.29, 0.717) is 12.3 Å².